The third-order valence-corrected chi connectivity index (χ3v) is 6.58. The molecule has 2 aromatic carbocycles. The Hall–Kier alpha value is -2.35. The molecule has 0 radical (unpaired) electrons. The third-order valence-electron chi connectivity index (χ3n) is 5.78. The summed E-state index contributed by atoms with van der Waals surface area (Å²) in [6.07, 6.45) is 3.10. The van der Waals surface area contributed by atoms with Crippen LogP contribution < -0.4 is 15.5 Å². The molecular formula is C24H23BrClNO5. The van der Waals surface area contributed by atoms with Gasteiger partial charge >= 0.3 is 5.97 Å². The van der Waals surface area contributed by atoms with Crippen LogP contribution in [0.4, 0.5) is 0 Å². The highest BCUT2D eigenvalue weighted by molar-refractivity contribution is 9.10. The first-order valence-electron chi connectivity index (χ1n) is 10.5. The van der Waals surface area contributed by atoms with Gasteiger partial charge in [-0.15, -0.1) is 0 Å². The Morgan fingerprint density at radius 2 is 1.97 bits per heavy atom. The fourth-order valence-corrected chi connectivity index (χ4v) is 4.62. The Bertz CT molecular complexity index is 1190. The molecule has 2 N–H and O–H groups in total. The van der Waals surface area contributed by atoms with Crippen LogP contribution in [0.1, 0.15) is 25.7 Å². The molecule has 1 aromatic heterocycles. The smallest absolute Gasteiger partial charge is 0.306 e. The lowest BCUT2D eigenvalue weighted by Crippen LogP contribution is -2.37. The molecule has 0 unspecified atom stereocenters. The van der Waals surface area contributed by atoms with Gasteiger partial charge < -0.3 is 19.6 Å². The fraction of sp³-hybridized carbons (Fsp3) is 0.333. The maximum Gasteiger partial charge on any atom is 0.306 e. The lowest BCUT2D eigenvalue weighted by Gasteiger charge is -2.27. The summed E-state index contributed by atoms with van der Waals surface area (Å²) in [4.78, 5) is 23.7. The van der Waals surface area contributed by atoms with Gasteiger partial charge in [-0.1, -0.05) is 33.6 Å². The molecule has 0 spiro atoms. The van der Waals surface area contributed by atoms with Crippen LogP contribution in [-0.4, -0.2) is 30.3 Å². The molecule has 1 aliphatic rings. The zero-order valence-corrected chi connectivity index (χ0v) is 19.6. The van der Waals surface area contributed by atoms with Gasteiger partial charge in [0.25, 0.3) is 0 Å². The summed E-state index contributed by atoms with van der Waals surface area (Å²) in [5.74, 6) is 0.0533. The molecule has 0 saturated heterocycles. The molecule has 0 bridgehead atoms. The molecule has 1 saturated carbocycles. The van der Waals surface area contributed by atoms with Gasteiger partial charge in [0, 0.05) is 23.1 Å². The SMILES string of the molecule is O=c1cc(-c2ccc(Br)cc2OCCN[C@H]2CC[C@@H](C(=O)O)CC2)oc2c(Cl)cccc12. The van der Waals surface area contributed by atoms with E-state index >= 15 is 0 Å². The normalized spacial score (nSPS) is 18.6. The minimum absolute atomic E-state index is 0.170. The van der Waals surface area contributed by atoms with Crippen LogP contribution in [0.25, 0.3) is 22.3 Å². The summed E-state index contributed by atoms with van der Waals surface area (Å²) in [6, 6.07) is 12.4. The Morgan fingerprint density at radius 1 is 1.19 bits per heavy atom. The van der Waals surface area contributed by atoms with Crippen LogP contribution in [0.2, 0.25) is 5.02 Å². The summed E-state index contributed by atoms with van der Waals surface area (Å²) in [6.45, 7) is 1.04. The number of nitrogens with one attached hydrogen (secondary N) is 1. The van der Waals surface area contributed by atoms with Crippen LogP contribution in [0.5, 0.6) is 5.75 Å². The van der Waals surface area contributed by atoms with Crippen molar-refractivity contribution in [3.05, 3.63) is 62.2 Å². The van der Waals surface area contributed by atoms with Crippen LogP contribution in [-0.2, 0) is 4.79 Å². The summed E-state index contributed by atoms with van der Waals surface area (Å²) in [5, 5.41) is 13.4. The number of ether oxygens (including phenoxy) is 1. The summed E-state index contributed by atoms with van der Waals surface area (Å²) < 4.78 is 12.8. The van der Waals surface area contributed by atoms with Crippen LogP contribution in [0.15, 0.2) is 56.1 Å². The first kappa shape index (κ1) is 22.8. The number of carbonyl (C=O) groups is 1. The first-order valence-corrected chi connectivity index (χ1v) is 11.7. The van der Waals surface area contributed by atoms with Gasteiger partial charge in [-0.05, 0) is 56.0 Å². The summed E-state index contributed by atoms with van der Waals surface area (Å²) in [7, 11) is 0. The highest BCUT2D eigenvalue weighted by Gasteiger charge is 2.25. The molecule has 0 amide bonds. The number of aliphatic carboxylic acids is 1. The van der Waals surface area contributed by atoms with Crippen molar-refractivity contribution in [2.75, 3.05) is 13.2 Å². The van der Waals surface area contributed by atoms with Gasteiger partial charge in [-0.25, -0.2) is 0 Å². The monoisotopic (exact) mass is 519 g/mol. The number of carboxylic acid groups (broad SMARTS) is 1. The number of halogens is 2. The molecule has 0 aliphatic heterocycles. The maximum atomic E-state index is 12.6. The summed E-state index contributed by atoms with van der Waals surface area (Å²) >= 11 is 9.71. The highest BCUT2D eigenvalue weighted by Crippen LogP contribution is 2.34. The first-order chi connectivity index (χ1) is 15.4. The molecule has 32 heavy (non-hydrogen) atoms. The number of rotatable bonds is 7. The Morgan fingerprint density at radius 3 is 2.72 bits per heavy atom. The minimum Gasteiger partial charge on any atom is -0.491 e. The molecule has 3 aromatic rings. The molecular weight excluding hydrogens is 498 g/mol. The second-order valence-corrected chi connectivity index (χ2v) is 9.24. The van der Waals surface area contributed by atoms with Crippen molar-refractivity contribution < 1.29 is 19.1 Å². The largest absolute Gasteiger partial charge is 0.491 e. The second-order valence-electron chi connectivity index (χ2n) is 7.92. The third kappa shape index (κ3) is 5.17. The number of para-hydroxylation sites is 1. The highest BCUT2D eigenvalue weighted by atomic mass is 79.9. The predicted octanol–water partition coefficient (Wildman–Crippen LogP) is 5.49. The van der Waals surface area contributed by atoms with E-state index in [9.17, 15) is 9.59 Å². The van der Waals surface area contributed by atoms with E-state index in [2.05, 4.69) is 21.2 Å². The Labute approximate surface area is 198 Å². The quantitative estimate of drug-likeness (QED) is 0.401. The van der Waals surface area contributed by atoms with Crippen LogP contribution in [0, 0.1) is 5.92 Å². The number of fused-ring (bicyclic) bond motifs is 1. The van der Waals surface area contributed by atoms with Crippen molar-refractivity contribution in [2.24, 2.45) is 5.92 Å². The van der Waals surface area contributed by atoms with Crippen LogP contribution in [0.3, 0.4) is 0 Å². The molecule has 8 heteroatoms. The molecule has 1 aliphatic carbocycles. The average Bonchev–Trinajstić information content (AvgIpc) is 2.78. The number of carboxylic acids is 1. The minimum atomic E-state index is -0.699. The predicted molar refractivity (Wildman–Crippen MR) is 128 cm³/mol. The number of hydrogen-bond donors (Lipinski definition) is 2. The van der Waals surface area contributed by atoms with Gasteiger partial charge in [-0.3, -0.25) is 9.59 Å². The molecule has 0 atom stereocenters. The number of benzene rings is 2. The maximum absolute atomic E-state index is 12.6. The molecule has 168 valence electrons. The average molecular weight is 521 g/mol. The van der Waals surface area contributed by atoms with Gasteiger partial charge in [0.2, 0.25) is 0 Å². The molecule has 6 nitrogen and oxygen atoms in total. The van der Waals surface area contributed by atoms with E-state index in [-0.39, 0.29) is 11.3 Å². The van der Waals surface area contributed by atoms with Gasteiger partial charge in [-0.2, -0.15) is 0 Å². The van der Waals surface area contributed by atoms with Crippen molar-refractivity contribution in [3.8, 4) is 17.1 Å². The summed E-state index contributed by atoms with van der Waals surface area (Å²) in [5.41, 5.74) is 0.842. The Kier molecular flexibility index (Phi) is 7.18. The second kappa shape index (κ2) is 10.1. The van der Waals surface area contributed by atoms with Crippen molar-refractivity contribution in [2.45, 2.75) is 31.7 Å². The topological polar surface area (TPSA) is 88.8 Å². The lowest BCUT2D eigenvalue weighted by atomic mass is 9.86. The standard InChI is InChI=1S/C24H23BrClNO5/c25-15-6-9-18(22-13-20(28)17-2-1-3-19(26)23(17)32-22)21(12-15)31-11-10-27-16-7-4-14(5-8-16)24(29)30/h1-3,6,9,12-14,16,27H,4-5,7-8,10-11H2,(H,29,30)/t14-,16+. The van der Waals surface area contributed by atoms with Crippen LogP contribution >= 0.6 is 27.5 Å². The molecule has 1 fully saturated rings. The van der Waals surface area contributed by atoms with Crippen molar-refractivity contribution in [1.29, 1.82) is 0 Å². The zero-order valence-electron chi connectivity index (χ0n) is 17.3. The van der Waals surface area contributed by atoms with E-state index in [4.69, 9.17) is 25.9 Å². The fourth-order valence-electron chi connectivity index (χ4n) is 4.06. The van der Waals surface area contributed by atoms with Crippen molar-refractivity contribution in [1.82, 2.24) is 5.32 Å². The molecule has 1 heterocycles. The Balaban J connectivity index is 1.45. The van der Waals surface area contributed by atoms with Crippen molar-refractivity contribution >= 4 is 44.5 Å². The van der Waals surface area contributed by atoms with Gasteiger partial charge in [0.1, 0.15) is 18.1 Å². The van der Waals surface area contributed by atoms with Gasteiger partial charge in [0.15, 0.2) is 11.0 Å². The van der Waals surface area contributed by atoms with E-state index in [0.29, 0.717) is 65.1 Å². The van der Waals surface area contributed by atoms with E-state index in [1.165, 1.54) is 6.07 Å². The molecule has 4 rings (SSSR count). The van der Waals surface area contributed by atoms with Crippen molar-refractivity contribution in [3.63, 3.8) is 0 Å². The lowest BCUT2D eigenvalue weighted by molar-refractivity contribution is -0.142. The van der Waals surface area contributed by atoms with E-state index < -0.39 is 5.97 Å². The van der Waals surface area contributed by atoms with E-state index in [1.54, 1.807) is 18.2 Å². The number of hydrogen-bond acceptors (Lipinski definition) is 5. The van der Waals surface area contributed by atoms with E-state index in [1.807, 2.05) is 18.2 Å². The van der Waals surface area contributed by atoms with E-state index in [0.717, 1.165) is 17.3 Å². The zero-order chi connectivity index (χ0) is 22.7. The van der Waals surface area contributed by atoms with Gasteiger partial charge in [0.05, 0.1) is 21.9 Å².